The molecule has 0 aromatic heterocycles. The minimum atomic E-state index is 0.320. The lowest BCUT2D eigenvalue weighted by molar-refractivity contribution is 0.473. The van der Waals surface area contributed by atoms with Crippen molar-refractivity contribution in [3.05, 3.63) is 35.4 Å². The Morgan fingerprint density at radius 2 is 2.14 bits per heavy atom. The number of phenolic OH excluding ortho intramolecular Hbond substituents is 1. The van der Waals surface area contributed by atoms with Gasteiger partial charge in [0.25, 0.3) is 0 Å². The molecule has 2 heteroatoms. The summed E-state index contributed by atoms with van der Waals surface area (Å²) < 4.78 is 0. The predicted molar refractivity (Wildman–Crippen MR) is 60.3 cm³/mol. The minimum Gasteiger partial charge on any atom is -0.507 e. The molecule has 1 rings (SSSR count). The van der Waals surface area contributed by atoms with E-state index in [-0.39, 0.29) is 0 Å². The molecule has 0 saturated carbocycles. The Morgan fingerprint density at radius 3 is 2.64 bits per heavy atom. The van der Waals surface area contributed by atoms with E-state index in [9.17, 15) is 5.11 Å². The Labute approximate surface area is 85.1 Å². The van der Waals surface area contributed by atoms with Crippen LogP contribution >= 0.6 is 0 Å². The lowest BCUT2D eigenvalue weighted by atomic mass is 10.0. The van der Waals surface area contributed by atoms with Crippen LogP contribution in [0.4, 0.5) is 0 Å². The van der Waals surface area contributed by atoms with E-state index in [1.807, 2.05) is 24.3 Å². The average Bonchev–Trinajstić information content (AvgIpc) is 2.15. The zero-order valence-corrected chi connectivity index (χ0v) is 8.70. The van der Waals surface area contributed by atoms with Crippen LogP contribution in [-0.2, 0) is 0 Å². The number of hydrogen-bond donors (Lipinski definition) is 2. The van der Waals surface area contributed by atoms with Crippen LogP contribution < -0.4 is 5.73 Å². The number of phenols is 1. The fourth-order valence-electron chi connectivity index (χ4n) is 1.26. The van der Waals surface area contributed by atoms with Crippen LogP contribution in [0.5, 0.6) is 5.75 Å². The first kappa shape index (κ1) is 10.8. The maximum atomic E-state index is 9.67. The van der Waals surface area contributed by atoms with Gasteiger partial charge in [-0.2, -0.15) is 0 Å². The minimum absolute atomic E-state index is 0.320. The van der Waals surface area contributed by atoms with E-state index in [1.54, 1.807) is 6.07 Å². The molecule has 0 radical (unpaired) electrons. The van der Waals surface area contributed by atoms with Gasteiger partial charge in [0.2, 0.25) is 0 Å². The van der Waals surface area contributed by atoms with Crippen LogP contribution in [0.1, 0.15) is 30.9 Å². The van der Waals surface area contributed by atoms with Gasteiger partial charge in [0.05, 0.1) is 0 Å². The van der Waals surface area contributed by atoms with Crippen molar-refractivity contribution in [3.63, 3.8) is 0 Å². The summed E-state index contributed by atoms with van der Waals surface area (Å²) in [4.78, 5) is 0. The van der Waals surface area contributed by atoms with Crippen LogP contribution in [0.2, 0.25) is 0 Å². The van der Waals surface area contributed by atoms with Crippen molar-refractivity contribution in [1.82, 2.24) is 0 Å². The van der Waals surface area contributed by atoms with Gasteiger partial charge in [-0.15, -0.1) is 0 Å². The van der Waals surface area contributed by atoms with Crippen molar-refractivity contribution >= 4 is 6.08 Å². The molecular weight excluding hydrogens is 174 g/mol. The summed E-state index contributed by atoms with van der Waals surface area (Å²) in [6.45, 7) is 4.69. The molecule has 0 heterocycles. The van der Waals surface area contributed by atoms with Crippen LogP contribution in [0.15, 0.2) is 24.3 Å². The summed E-state index contributed by atoms with van der Waals surface area (Å²) in [5, 5.41) is 9.67. The molecule has 1 aromatic carbocycles. The molecule has 0 bridgehead atoms. The summed E-state index contributed by atoms with van der Waals surface area (Å²) in [6, 6.07) is 5.75. The van der Waals surface area contributed by atoms with Gasteiger partial charge in [-0.3, -0.25) is 0 Å². The van der Waals surface area contributed by atoms with Crippen molar-refractivity contribution in [3.8, 4) is 5.75 Å². The average molecular weight is 191 g/mol. The Morgan fingerprint density at radius 1 is 1.43 bits per heavy atom. The largest absolute Gasteiger partial charge is 0.507 e. The highest BCUT2D eigenvalue weighted by Gasteiger charge is 2.02. The summed E-state index contributed by atoms with van der Waals surface area (Å²) in [6.07, 6.45) is 3.66. The van der Waals surface area contributed by atoms with Gasteiger partial charge < -0.3 is 10.8 Å². The zero-order valence-electron chi connectivity index (χ0n) is 8.70. The number of rotatable bonds is 3. The number of benzene rings is 1. The molecule has 0 atom stereocenters. The molecule has 0 aliphatic rings. The van der Waals surface area contributed by atoms with Crippen LogP contribution in [0, 0.1) is 0 Å². The second-order valence-corrected chi connectivity index (χ2v) is 3.61. The third-order valence-electron chi connectivity index (χ3n) is 2.15. The molecule has 3 N–H and O–H groups in total. The highest BCUT2D eigenvalue weighted by molar-refractivity contribution is 5.57. The topological polar surface area (TPSA) is 46.2 Å². The van der Waals surface area contributed by atoms with Gasteiger partial charge in [0, 0.05) is 12.1 Å². The van der Waals surface area contributed by atoms with E-state index in [0.717, 1.165) is 11.1 Å². The molecule has 0 aliphatic heterocycles. The van der Waals surface area contributed by atoms with Gasteiger partial charge >= 0.3 is 0 Å². The van der Waals surface area contributed by atoms with E-state index in [0.29, 0.717) is 18.2 Å². The quantitative estimate of drug-likeness (QED) is 0.771. The standard InChI is InChI=1S/C12H17NO/c1-9(2)11-6-5-10(4-3-7-13)12(14)8-11/h3-6,8-9,14H,7,13H2,1-2H3/b4-3+. The highest BCUT2D eigenvalue weighted by atomic mass is 16.3. The second-order valence-electron chi connectivity index (χ2n) is 3.61. The van der Waals surface area contributed by atoms with E-state index in [1.165, 1.54) is 0 Å². The monoisotopic (exact) mass is 191 g/mol. The lowest BCUT2D eigenvalue weighted by Crippen LogP contribution is -1.92. The fourth-order valence-corrected chi connectivity index (χ4v) is 1.26. The Balaban J connectivity index is 2.95. The molecule has 0 unspecified atom stereocenters. The smallest absolute Gasteiger partial charge is 0.123 e. The molecular formula is C12H17NO. The molecule has 0 saturated heterocycles. The van der Waals surface area contributed by atoms with Crippen molar-refractivity contribution in [1.29, 1.82) is 0 Å². The fraction of sp³-hybridized carbons (Fsp3) is 0.333. The molecule has 14 heavy (non-hydrogen) atoms. The summed E-state index contributed by atoms with van der Waals surface area (Å²) in [5.41, 5.74) is 7.30. The number of hydrogen-bond acceptors (Lipinski definition) is 2. The Bertz CT molecular complexity index is 329. The third kappa shape index (κ3) is 2.60. The summed E-state index contributed by atoms with van der Waals surface area (Å²) in [7, 11) is 0. The van der Waals surface area contributed by atoms with Gasteiger partial charge in [-0.05, 0) is 17.5 Å². The molecule has 0 fully saturated rings. The first-order valence-electron chi connectivity index (χ1n) is 4.84. The van der Waals surface area contributed by atoms with Crippen LogP contribution in [-0.4, -0.2) is 11.7 Å². The van der Waals surface area contributed by atoms with Crippen molar-refractivity contribution in [2.75, 3.05) is 6.54 Å². The maximum Gasteiger partial charge on any atom is 0.123 e. The van der Waals surface area contributed by atoms with Gasteiger partial charge in [0.1, 0.15) is 5.75 Å². The molecule has 0 amide bonds. The lowest BCUT2D eigenvalue weighted by Gasteiger charge is -2.07. The maximum absolute atomic E-state index is 9.67. The van der Waals surface area contributed by atoms with Crippen molar-refractivity contribution < 1.29 is 5.11 Å². The van der Waals surface area contributed by atoms with E-state index in [2.05, 4.69) is 13.8 Å². The summed E-state index contributed by atoms with van der Waals surface area (Å²) >= 11 is 0. The normalized spacial score (nSPS) is 11.4. The highest BCUT2D eigenvalue weighted by Crippen LogP contribution is 2.24. The third-order valence-corrected chi connectivity index (χ3v) is 2.15. The van der Waals surface area contributed by atoms with Gasteiger partial charge in [-0.1, -0.05) is 38.1 Å². The molecule has 0 spiro atoms. The number of aromatic hydroxyl groups is 1. The molecule has 1 aromatic rings. The van der Waals surface area contributed by atoms with Crippen molar-refractivity contribution in [2.45, 2.75) is 19.8 Å². The first-order chi connectivity index (χ1) is 6.65. The summed E-state index contributed by atoms with van der Waals surface area (Å²) in [5.74, 6) is 0.759. The Kier molecular flexibility index (Phi) is 3.72. The zero-order chi connectivity index (χ0) is 10.6. The van der Waals surface area contributed by atoms with Gasteiger partial charge in [-0.25, -0.2) is 0 Å². The number of nitrogens with two attached hydrogens (primary N) is 1. The first-order valence-corrected chi connectivity index (χ1v) is 4.84. The van der Waals surface area contributed by atoms with E-state index < -0.39 is 0 Å². The molecule has 76 valence electrons. The van der Waals surface area contributed by atoms with Gasteiger partial charge in [0.15, 0.2) is 0 Å². The van der Waals surface area contributed by atoms with Crippen molar-refractivity contribution in [2.24, 2.45) is 5.73 Å². The molecule has 0 aliphatic carbocycles. The van der Waals surface area contributed by atoms with E-state index in [4.69, 9.17) is 5.73 Å². The Hall–Kier alpha value is -1.28. The van der Waals surface area contributed by atoms with E-state index >= 15 is 0 Å². The predicted octanol–water partition coefficient (Wildman–Crippen LogP) is 2.49. The second kappa shape index (κ2) is 4.82. The van der Waals surface area contributed by atoms with Crippen LogP contribution in [0.3, 0.4) is 0 Å². The SMILES string of the molecule is CC(C)c1ccc(/C=C/CN)c(O)c1. The molecule has 2 nitrogen and oxygen atoms in total. The van der Waals surface area contributed by atoms with Crippen LogP contribution in [0.25, 0.3) is 6.08 Å².